The number of esters is 4. The first-order valence-corrected chi connectivity index (χ1v) is 22.3. The van der Waals surface area contributed by atoms with Crippen LogP contribution in [0.4, 0.5) is 0 Å². The molecule has 340 valence electrons. The number of ether oxygens (including phenoxy) is 4. The van der Waals surface area contributed by atoms with Crippen molar-refractivity contribution in [2.75, 3.05) is 21.1 Å². The average molecular weight is 833 g/mol. The minimum atomic E-state index is -1.34. The molecular formula is C47H84N4O8. The lowest BCUT2D eigenvalue weighted by Crippen LogP contribution is -2.61. The van der Waals surface area contributed by atoms with Gasteiger partial charge < -0.3 is 24.3 Å². The van der Waals surface area contributed by atoms with Crippen molar-refractivity contribution in [1.29, 1.82) is 0 Å². The highest BCUT2D eigenvalue weighted by molar-refractivity contribution is 5.88. The second kappa shape index (κ2) is 16.8. The summed E-state index contributed by atoms with van der Waals surface area (Å²) in [6.45, 7) is 33.8. The van der Waals surface area contributed by atoms with E-state index < -0.39 is 73.0 Å². The molecule has 4 heterocycles. The Labute approximate surface area is 357 Å². The molecule has 4 aliphatic rings. The van der Waals surface area contributed by atoms with Gasteiger partial charge in [0.05, 0.1) is 24.7 Å². The molecule has 4 saturated heterocycles. The molecule has 12 nitrogen and oxygen atoms in total. The molecule has 59 heavy (non-hydrogen) atoms. The fourth-order valence-corrected chi connectivity index (χ4v) is 11.5. The number of carbonyl (C=O) groups is 4. The Morgan fingerprint density at radius 3 is 0.898 bits per heavy atom. The van der Waals surface area contributed by atoms with Crippen LogP contribution in [0.2, 0.25) is 0 Å². The highest BCUT2D eigenvalue weighted by atomic mass is 16.6. The average Bonchev–Trinajstić information content (AvgIpc) is 3.00. The van der Waals surface area contributed by atoms with Crippen molar-refractivity contribution < 1.29 is 38.1 Å². The predicted molar refractivity (Wildman–Crippen MR) is 232 cm³/mol. The second-order valence-electron chi connectivity index (χ2n) is 24.0. The molecule has 0 aliphatic carbocycles. The third-order valence-corrected chi connectivity index (χ3v) is 15.0. The van der Waals surface area contributed by atoms with Gasteiger partial charge in [-0.15, -0.1) is 0 Å². The molecule has 4 aliphatic heterocycles. The van der Waals surface area contributed by atoms with E-state index in [1.54, 1.807) is 0 Å². The van der Waals surface area contributed by atoms with Crippen LogP contribution in [0, 0.1) is 11.8 Å². The second-order valence-corrected chi connectivity index (χ2v) is 24.0. The van der Waals surface area contributed by atoms with Gasteiger partial charge in [0.15, 0.2) is 0 Å². The largest absolute Gasteiger partial charge is 0.462 e. The maximum Gasteiger partial charge on any atom is 0.310 e. The van der Waals surface area contributed by atoms with Gasteiger partial charge >= 0.3 is 23.9 Å². The van der Waals surface area contributed by atoms with Crippen LogP contribution < -0.4 is 5.32 Å². The van der Waals surface area contributed by atoms with E-state index in [0.717, 1.165) is 0 Å². The summed E-state index contributed by atoms with van der Waals surface area (Å²) in [6.07, 6.45) is 2.00. The van der Waals surface area contributed by atoms with Crippen LogP contribution in [0.1, 0.15) is 175 Å². The molecule has 0 aromatic carbocycles. The maximum atomic E-state index is 14.8. The van der Waals surface area contributed by atoms with Gasteiger partial charge in [0.25, 0.3) is 0 Å². The lowest BCUT2D eigenvalue weighted by molar-refractivity contribution is -0.182. The van der Waals surface area contributed by atoms with Crippen LogP contribution in [0.3, 0.4) is 0 Å². The van der Waals surface area contributed by atoms with Crippen molar-refractivity contribution in [1.82, 2.24) is 20.0 Å². The number of nitrogens with one attached hydrogen (secondary N) is 1. The van der Waals surface area contributed by atoms with Crippen molar-refractivity contribution in [2.45, 2.75) is 244 Å². The van der Waals surface area contributed by atoms with Crippen molar-refractivity contribution in [2.24, 2.45) is 11.8 Å². The van der Waals surface area contributed by atoms with Crippen LogP contribution in [0.15, 0.2) is 0 Å². The van der Waals surface area contributed by atoms with Crippen molar-refractivity contribution >= 4 is 23.9 Å². The van der Waals surface area contributed by atoms with E-state index in [1.807, 2.05) is 0 Å². The van der Waals surface area contributed by atoms with Gasteiger partial charge in [-0.3, -0.25) is 33.9 Å². The van der Waals surface area contributed by atoms with Gasteiger partial charge in [-0.05, 0) is 132 Å². The minimum absolute atomic E-state index is 0.248. The van der Waals surface area contributed by atoms with Gasteiger partial charge in [0, 0.05) is 95.7 Å². The maximum absolute atomic E-state index is 14.8. The number of rotatable bonds is 11. The van der Waals surface area contributed by atoms with Crippen molar-refractivity contribution in [3.05, 3.63) is 0 Å². The van der Waals surface area contributed by atoms with E-state index in [-0.39, 0.29) is 44.3 Å². The van der Waals surface area contributed by atoms with Crippen molar-refractivity contribution in [3.8, 4) is 0 Å². The zero-order valence-corrected chi connectivity index (χ0v) is 40.6. The van der Waals surface area contributed by atoms with Crippen LogP contribution in [-0.2, 0) is 38.1 Å². The molecule has 0 amide bonds. The smallest absolute Gasteiger partial charge is 0.310 e. The summed E-state index contributed by atoms with van der Waals surface area (Å²) >= 11 is 0. The van der Waals surface area contributed by atoms with E-state index in [1.165, 1.54) is 0 Å². The molecule has 0 bridgehead atoms. The molecule has 0 aromatic rings. The van der Waals surface area contributed by atoms with Crippen LogP contribution in [0.5, 0.6) is 0 Å². The van der Waals surface area contributed by atoms with Crippen molar-refractivity contribution in [3.63, 3.8) is 0 Å². The molecule has 12 heteroatoms. The fraction of sp³-hybridized carbons (Fsp3) is 0.915. The van der Waals surface area contributed by atoms with E-state index in [9.17, 15) is 19.2 Å². The van der Waals surface area contributed by atoms with Gasteiger partial charge in [0.1, 0.15) is 24.4 Å². The first-order valence-electron chi connectivity index (χ1n) is 22.3. The number of piperidine rings is 4. The Morgan fingerprint density at radius 2 is 0.644 bits per heavy atom. The normalized spacial score (nSPS) is 28.2. The first kappa shape index (κ1) is 49.4. The Bertz CT molecular complexity index is 1490. The van der Waals surface area contributed by atoms with Crippen LogP contribution >= 0.6 is 0 Å². The molecule has 0 radical (unpaired) electrons. The summed E-state index contributed by atoms with van der Waals surface area (Å²) in [4.78, 5) is 64.9. The van der Waals surface area contributed by atoms with Gasteiger partial charge in [-0.2, -0.15) is 0 Å². The SMILES string of the molecule is CN1C(C)(C)CC(OC(=O)CC(C(=O)OC2CC(C)(C)N(C)C(C)(C)C2)C(CC(=O)OC2CC(C)(C)NC(C)(C)C2)C(=O)OC2CC(C)(C)N(C)C(C)(C)C2)CC1(C)C. The van der Waals surface area contributed by atoms with Crippen LogP contribution in [-0.4, -0.2) is 128 Å². The summed E-state index contributed by atoms with van der Waals surface area (Å²) in [5, 5.41) is 3.62. The molecule has 2 unspecified atom stereocenters. The number of likely N-dealkylation sites (tertiary alicyclic amines) is 3. The van der Waals surface area contributed by atoms with E-state index in [0.29, 0.717) is 51.4 Å². The molecular weight excluding hydrogens is 749 g/mol. The summed E-state index contributed by atoms with van der Waals surface area (Å²) in [5.74, 6) is -5.29. The zero-order valence-electron chi connectivity index (χ0n) is 40.6. The molecule has 0 aromatic heterocycles. The lowest BCUT2D eigenvalue weighted by Gasteiger charge is -2.53. The topological polar surface area (TPSA) is 127 Å². The van der Waals surface area contributed by atoms with Gasteiger partial charge in [-0.1, -0.05) is 0 Å². The minimum Gasteiger partial charge on any atom is -0.462 e. The fourth-order valence-electron chi connectivity index (χ4n) is 11.5. The third-order valence-electron chi connectivity index (χ3n) is 15.0. The zero-order chi connectivity index (χ0) is 45.1. The Kier molecular flexibility index (Phi) is 14.0. The summed E-state index contributed by atoms with van der Waals surface area (Å²) in [6, 6.07) is 0. The predicted octanol–water partition coefficient (Wildman–Crippen LogP) is 7.44. The van der Waals surface area contributed by atoms with E-state index in [4.69, 9.17) is 18.9 Å². The number of hydrogen-bond acceptors (Lipinski definition) is 12. The third kappa shape index (κ3) is 12.0. The summed E-state index contributed by atoms with van der Waals surface area (Å²) in [5.41, 5.74) is -2.24. The molecule has 2 atom stereocenters. The monoisotopic (exact) mass is 833 g/mol. The van der Waals surface area contributed by atoms with Gasteiger partial charge in [0.2, 0.25) is 0 Å². The number of carbonyl (C=O) groups excluding carboxylic acids is 4. The molecule has 0 spiro atoms. The van der Waals surface area contributed by atoms with E-state index >= 15 is 0 Å². The van der Waals surface area contributed by atoms with Crippen LogP contribution in [0.25, 0.3) is 0 Å². The summed E-state index contributed by atoms with van der Waals surface area (Å²) < 4.78 is 25.1. The molecule has 4 fully saturated rings. The quantitative estimate of drug-likeness (QED) is 0.164. The van der Waals surface area contributed by atoms with E-state index in [2.05, 4.69) is 152 Å². The summed E-state index contributed by atoms with van der Waals surface area (Å²) in [7, 11) is 6.25. The molecule has 4 rings (SSSR count). The highest BCUT2D eigenvalue weighted by Crippen LogP contribution is 2.42. The Morgan fingerprint density at radius 1 is 0.424 bits per heavy atom. The van der Waals surface area contributed by atoms with Gasteiger partial charge in [-0.25, -0.2) is 0 Å². The molecule has 1 N–H and O–H groups in total. The first-order chi connectivity index (χ1) is 26.5. The standard InChI is InChI=1S/C47H84N4O8/c1-40(2)22-30(23-41(3,4)48-40)56-36(52)20-34(38(54)58-32-26-44(9,10)50(18)45(11,12)27-32)35(39(55)59-33-28-46(13,14)51(19)47(15,16)29-33)21-37(53)57-31-24-42(5,6)49(17)43(7,8)25-31/h30-35,48H,20-29H2,1-19H3. The Hall–Kier alpha value is -2.28. The number of hydrogen-bond donors (Lipinski definition) is 1. The number of nitrogens with zero attached hydrogens (tertiary/aromatic N) is 3. The Balaban J connectivity index is 1.71. The molecule has 0 saturated carbocycles. The lowest BCUT2D eigenvalue weighted by atomic mass is 9.78. The highest BCUT2D eigenvalue weighted by Gasteiger charge is 2.50.